The standard InChI is InChI=1S/C15H22BrN3O2/c1-12-4-7-18(8-5-12)9-6-17-11-13-2-3-14(16)15(10-13)19(20)21/h2-3,10,12,17H,4-9,11H2,1H3. The van der Waals surface area contributed by atoms with Crippen molar-refractivity contribution >= 4 is 21.6 Å². The summed E-state index contributed by atoms with van der Waals surface area (Å²) in [5.41, 5.74) is 1.07. The normalized spacial score (nSPS) is 17.0. The number of benzene rings is 1. The van der Waals surface area contributed by atoms with Crippen LogP contribution in [0.2, 0.25) is 0 Å². The monoisotopic (exact) mass is 355 g/mol. The van der Waals surface area contributed by atoms with Crippen molar-refractivity contribution in [3.63, 3.8) is 0 Å². The summed E-state index contributed by atoms with van der Waals surface area (Å²) in [5, 5.41) is 14.3. The Morgan fingerprint density at radius 1 is 1.43 bits per heavy atom. The van der Waals surface area contributed by atoms with E-state index in [1.54, 1.807) is 12.1 Å². The molecule has 5 nitrogen and oxygen atoms in total. The quantitative estimate of drug-likeness (QED) is 0.483. The first-order valence-corrected chi connectivity index (χ1v) is 8.21. The third kappa shape index (κ3) is 5.05. The lowest BCUT2D eigenvalue weighted by atomic mass is 9.99. The molecule has 116 valence electrons. The van der Waals surface area contributed by atoms with E-state index in [2.05, 4.69) is 33.1 Å². The maximum absolute atomic E-state index is 10.9. The number of nitro benzene ring substituents is 1. The Morgan fingerprint density at radius 2 is 2.14 bits per heavy atom. The number of nitrogens with one attached hydrogen (secondary N) is 1. The lowest BCUT2D eigenvalue weighted by Crippen LogP contribution is -2.37. The molecular weight excluding hydrogens is 334 g/mol. The van der Waals surface area contributed by atoms with Gasteiger partial charge in [-0.05, 0) is 59.4 Å². The van der Waals surface area contributed by atoms with Gasteiger partial charge in [0.15, 0.2) is 0 Å². The highest BCUT2D eigenvalue weighted by molar-refractivity contribution is 9.10. The van der Waals surface area contributed by atoms with Gasteiger partial charge >= 0.3 is 0 Å². The predicted octanol–water partition coefficient (Wildman–Crippen LogP) is 3.18. The van der Waals surface area contributed by atoms with Gasteiger partial charge in [-0.15, -0.1) is 0 Å². The SMILES string of the molecule is CC1CCN(CCNCc2ccc(Br)c([N+](=O)[O-])c2)CC1. The minimum absolute atomic E-state index is 0.124. The molecule has 0 bridgehead atoms. The zero-order valence-electron chi connectivity index (χ0n) is 12.3. The first-order valence-electron chi connectivity index (χ1n) is 7.42. The van der Waals surface area contributed by atoms with Gasteiger partial charge in [0.1, 0.15) is 0 Å². The van der Waals surface area contributed by atoms with Gasteiger partial charge in [0.2, 0.25) is 0 Å². The Morgan fingerprint density at radius 3 is 2.81 bits per heavy atom. The fourth-order valence-electron chi connectivity index (χ4n) is 2.56. The first-order chi connectivity index (χ1) is 10.1. The third-order valence-corrected chi connectivity index (χ3v) is 4.69. The van der Waals surface area contributed by atoms with Crippen LogP contribution in [0, 0.1) is 16.0 Å². The van der Waals surface area contributed by atoms with E-state index < -0.39 is 0 Å². The minimum Gasteiger partial charge on any atom is -0.311 e. The molecule has 0 aliphatic carbocycles. The van der Waals surface area contributed by atoms with E-state index >= 15 is 0 Å². The average Bonchev–Trinajstić information content (AvgIpc) is 2.46. The molecule has 0 spiro atoms. The van der Waals surface area contributed by atoms with Crippen LogP contribution in [0.3, 0.4) is 0 Å². The van der Waals surface area contributed by atoms with Gasteiger partial charge in [0.25, 0.3) is 5.69 Å². The summed E-state index contributed by atoms with van der Waals surface area (Å²) in [6.45, 7) is 7.32. The lowest BCUT2D eigenvalue weighted by Gasteiger charge is -2.30. The summed E-state index contributed by atoms with van der Waals surface area (Å²) in [6, 6.07) is 5.27. The van der Waals surface area contributed by atoms with Crippen LogP contribution in [-0.4, -0.2) is 36.0 Å². The summed E-state index contributed by atoms with van der Waals surface area (Å²) in [6.07, 6.45) is 2.58. The van der Waals surface area contributed by atoms with Crippen LogP contribution in [0.5, 0.6) is 0 Å². The van der Waals surface area contributed by atoms with Crippen molar-refractivity contribution in [2.24, 2.45) is 5.92 Å². The molecule has 0 unspecified atom stereocenters. The smallest absolute Gasteiger partial charge is 0.283 e. The number of hydrogen-bond donors (Lipinski definition) is 1. The van der Waals surface area contributed by atoms with Gasteiger partial charge in [-0.2, -0.15) is 0 Å². The van der Waals surface area contributed by atoms with Crippen LogP contribution in [-0.2, 0) is 6.54 Å². The van der Waals surface area contributed by atoms with Crippen molar-refractivity contribution in [1.82, 2.24) is 10.2 Å². The second kappa shape index (κ2) is 7.87. The molecule has 1 heterocycles. The molecule has 6 heteroatoms. The first kappa shape index (κ1) is 16.4. The molecule has 1 aromatic rings. The summed E-state index contributed by atoms with van der Waals surface area (Å²) in [5.74, 6) is 0.859. The molecule has 21 heavy (non-hydrogen) atoms. The van der Waals surface area contributed by atoms with Crippen molar-refractivity contribution < 1.29 is 4.92 Å². The Labute approximate surface area is 134 Å². The van der Waals surface area contributed by atoms with Crippen molar-refractivity contribution in [2.45, 2.75) is 26.3 Å². The van der Waals surface area contributed by atoms with Crippen molar-refractivity contribution in [3.8, 4) is 0 Å². The number of hydrogen-bond acceptors (Lipinski definition) is 4. The maximum atomic E-state index is 10.9. The summed E-state index contributed by atoms with van der Waals surface area (Å²) < 4.78 is 0.527. The molecule has 1 aromatic carbocycles. The summed E-state index contributed by atoms with van der Waals surface area (Å²) >= 11 is 3.20. The largest absolute Gasteiger partial charge is 0.311 e. The zero-order valence-corrected chi connectivity index (χ0v) is 13.9. The lowest BCUT2D eigenvalue weighted by molar-refractivity contribution is -0.385. The topological polar surface area (TPSA) is 58.4 Å². The number of halogens is 1. The van der Waals surface area contributed by atoms with Gasteiger partial charge in [-0.3, -0.25) is 10.1 Å². The van der Waals surface area contributed by atoms with Crippen LogP contribution in [0.4, 0.5) is 5.69 Å². The molecule has 0 saturated carbocycles. The molecule has 1 N–H and O–H groups in total. The Balaban J connectivity index is 1.73. The fourth-order valence-corrected chi connectivity index (χ4v) is 2.96. The van der Waals surface area contributed by atoms with Crippen LogP contribution in [0.25, 0.3) is 0 Å². The molecular formula is C15H22BrN3O2. The molecule has 0 amide bonds. The van der Waals surface area contributed by atoms with E-state index in [4.69, 9.17) is 0 Å². The van der Waals surface area contributed by atoms with Gasteiger partial charge < -0.3 is 10.2 Å². The number of likely N-dealkylation sites (tertiary alicyclic amines) is 1. The molecule has 1 aliphatic rings. The average molecular weight is 356 g/mol. The van der Waals surface area contributed by atoms with E-state index in [0.717, 1.165) is 24.6 Å². The Kier molecular flexibility index (Phi) is 6.14. The molecule has 1 saturated heterocycles. The van der Waals surface area contributed by atoms with Crippen molar-refractivity contribution in [3.05, 3.63) is 38.3 Å². The summed E-state index contributed by atoms with van der Waals surface area (Å²) in [7, 11) is 0. The molecule has 0 radical (unpaired) electrons. The van der Waals surface area contributed by atoms with E-state index in [9.17, 15) is 10.1 Å². The number of nitrogens with zero attached hydrogens (tertiary/aromatic N) is 2. The van der Waals surface area contributed by atoms with Gasteiger partial charge in [0, 0.05) is 25.7 Å². The Hall–Kier alpha value is -0.980. The van der Waals surface area contributed by atoms with Gasteiger partial charge in [-0.1, -0.05) is 13.0 Å². The van der Waals surface area contributed by atoms with Crippen molar-refractivity contribution in [2.75, 3.05) is 26.2 Å². The number of nitro groups is 1. The molecule has 1 fully saturated rings. The highest BCUT2D eigenvalue weighted by Crippen LogP contribution is 2.25. The zero-order chi connectivity index (χ0) is 15.2. The predicted molar refractivity (Wildman–Crippen MR) is 87.3 cm³/mol. The minimum atomic E-state index is -0.359. The highest BCUT2D eigenvalue weighted by Gasteiger charge is 2.15. The Bertz CT molecular complexity index is 488. The molecule has 2 rings (SSSR count). The van der Waals surface area contributed by atoms with Gasteiger partial charge in [-0.25, -0.2) is 0 Å². The van der Waals surface area contributed by atoms with E-state index in [0.29, 0.717) is 11.0 Å². The number of piperidine rings is 1. The van der Waals surface area contributed by atoms with Crippen LogP contribution in [0.15, 0.2) is 22.7 Å². The molecule has 0 atom stereocenters. The van der Waals surface area contributed by atoms with E-state index in [1.165, 1.54) is 25.9 Å². The van der Waals surface area contributed by atoms with E-state index in [1.807, 2.05) is 6.07 Å². The van der Waals surface area contributed by atoms with E-state index in [-0.39, 0.29) is 10.6 Å². The summed E-state index contributed by atoms with van der Waals surface area (Å²) in [4.78, 5) is 13.0. The molecule has 1 aliphatic heterocycles. The second-order valence-electron chi connectivity index (χ2n) is 5.74. The molecule has 0 aromatic heterocycles. The van der Waals surface area contributed by atoms with Crippen LogP contribution < -0.4 is 5.32 Å². The van der Waals surface area contributed by atoms with Crippen LogP contribution in [0.1, 0.15) is 25.3 Å². The highest BCUT2D eigenvalue weighted by atomic mass is 79.9. The van der Waals surface area contributed by atoms with Gasteiger partial charge in [0.05, 0.1) is 9.40 Å². The number of rotatable bonds is 6. The van der Waals surface area contributed by atoms with Crippen LogP contribution >= 0.6 is 15.9 Å². The fraction of sp³-hybridized carbons (Fsp3) is 0.600. The van der Waals surface area contributed by atoms with Crippen molar-refractivity contribution in [1.29, 1.82) is 0 Å². The third-order valence-electron chi connectivity index (χ3n) is 4.02. The maximum Gasteiger partial charge on any atom is 0.283 e. The second-order valence-corrected chi connectivity index (χ2v) is 6.60.